The lowest BCUT2D eigenvalue weighted by atomic mass is 10.2. The molecule has 1 aliphatic heterocycles. The van der Waals surface area contributed by atoms with Crippen molar-refractivity contribution in [3.05, 3.63) is 59.1 Å². The number of amides is 2. The average Bonchev–Trinajstić information content (AvgIpc) is 3.04. The van der Waals surface area contributed by atoms with Gasteiger partial charge in [0.25, 0.3) is 11.8 Å². The second-order valence-corrected chi connectivity index (χ2v) is 6.77. The second-order valence-electron chi connectivity index (χ2n) is 5.77. The number of nitrogens with one attached hydrogen (secondary N) is 2. The van der Waals surface area contributed by atoms with E-state index in [4.69, 9.17) is 4.74 Å². The Morgan fingerprint density at radius 1 is 1.19 bits per heavy atom. The summed E-state index contributed by atoms with van der Waals surface area (Å²) in [5.41, 5.74) is 2.71. The smallest absolute Gasteiger partial charge is 0.267 e. The van der Waals surface area contributed by atoms with Crippen LogP contribution in [0.2, 0.25) is 0 Å². The third-order valence-electron chi connectivity index (χ3n) is 3.91. The molecule has 0 unspecified atom stereocenters. The van der Waals surface area contributed by atoms with Gasteiger partial charge in [-0.15, -0.1) is 11.3 Å². The van der Waals surface area contributed by atoms with Crippen LogP contribution in [-0.2, 0) is 4.79 Å². The van der Waals surface area contributed by atoms with E-state index in [1.165, 1.54) is 11.3 Å². The number of hydrogen-bond donors (Lipinski definition) is 2. The van der Waals surface area contributed by atoms with Crippen molar-refractivity contribution in [2.75, 3.05) is 17.2 Å². The lowest BCUT2D eigenvalue weighted by molar-refractivity contribution is -0.118. The van der Waals surface area contributed by atoms with E-state index in [2.05, 4.69) is 15.6 Å². The molecule has 4 rings (SSSR count). The standard InChI is InChI=1S/C19H15N3O3S/c1-11-17(26-19(20-11)12-6-3-2-4-7-12)18(24)22-14-9-5-8-13-16(14)25-10-15(23)21-13/h2-9H,10H2,1H3,(H,21,23)(H,22,24). The zero-order valence-electron chi connectivity index (χ0n) is 13.9. The molecule has 0 spiro atoms. The maximum absolute atomic E-state index is 12.7. The van der Waals surface area contributed by atoms with Crippen molar-refractivity contribution < 1.29 is 14.3 Å². The van der Waals surface area contributed by atoms with Gasteiger partial charge in [0.1, 0.15) is 9.88 Å². The molecule has 2 N–H and O–H groups in total. The van der Waals surface area contributed by atoms with Crippen LogP contribution in [0.3, 0.4) is 0 Å². The Hall–Kier alpha value is -3.19. The third kappa shape index (κ3) is 3.04. The number of para-hydroxylation sites is 1. The Morgan fingerprint density at radius 3 is 2.81 bits per heavy atom. The van der Waals surface area contributed by atoms with Crippen LogP contribution in [0, 0.1) is 6.92 Å². The lowest BCUT2D eigenvalue weighted by Gasteiger charge is -2.20. The van der Waals surface area contributed by atoms with Crippen LogP contribution in [0.1, 0.15) is 15.4 Å². The van der Waals surface area contributed by atoms with Gasteiger partial charge in [0.05, 0.1) is 17.1 Å². The molecule has 0 atom stereocenters. The molecule has 2 amide bonds. The highest BCUT2D eigenvalue weighted by molar-refractivity contribution is 7.17. The van der Waals surface area contributed by atoms with Crippen molar-refractivity contribution in [3.63, 3.8) is 0 Å². The van der Waals surface area contributed by atoms with Gasteiger partial charge >= 0.3 is 0 Å². The van der Waals surface area contributed by atoms with Gasteiger partial charge in [-0.05, 0) is 19.1 Å². The Kier molecular flexibility index (Phi) is 4.14. The SMILES string of the molecule is Cc1nc(-c2ccccc2)sc1C(=O)Nc1cccc2c1OCC(=O)N2. The summed E-state index contributed by atoms with van der Waals surface area (Å²) < 4.78 is 5.47. The molecular formula is C19H15N3O3S. The number of fused-ring (bicyclic) bond motifs is 1. The Balaban J connectivity index is 1.61. The van der Waals surface area contributed by atoms with Gasteiger partial charge in [0.2, 0.25) is 0 Å². The van der Waals surface area contributed by atoms with Crippen molar-refractivity contribution in [1.29, 1.82) is 0 Å². The van der Waals surface area contributed by atoms with Crippen LogP contribution in [0.5, 0.6) is 5.75 Å². The lowest BCUT2D eigenvalue weighted by Crippen LogP contribution is -2.26. The topological polar surface area (TPSA) is 80.3 Å². The largest absolute Gasteiger partial charge is 0.479 e. The molecule has 2 aromatic carbocycles. The molecule has 0 bridgehead atoms. The zero-order valence-corrected chi connectivity index (χ0v) is 14.7. The molecule has 1 aliphatic rings. The number of thiazole rings is 1. The molecule has 7 heteroatoms. The van der Waals surface area contributed by atoms with E-state index < -0.39 is 0 Å². The molecule has 0 radical (unpaired) electrons. The number of carbonyl (C=O) groups is 2. The van der Waals surface area contributed by atoms with Crippen molar-refractivity contribution in [3.8, 4) is 16.3 Å². The van der Waals surface area contributed by atoms with Crippen molar-refractivity contribution in [2.24, 2.45) is 0 Å². The van der Waals surface area contributed by atoms with Crippen molar-refractivity contribution in [1.82, 2.24) is 4.98 Å². The van der Waals surface area contributed by atoms with E-state index in [1.54, 1.807) is 18.2 Å². The minimum atomic E-state index is -0.254. The van der Waals surface area contributed by atoms with Gasteiger partial charge < -0.3 is 15.4 Å². The maximum atomic E-state index is 12.7. The number of aryl methyl sites for hydroxylation is 1. The molecule has 1 aromatic heterocycles. The van der Waals surface area contributed by atoms with E-state index in [-0.39, 0.29) is 18.4 Å². The maximum Gasteiger partial charge on any atom is 0.267 e. The van der Waals surface area contributed by atoms with Crippen LogP contribution in [0.4, 0.5) is 11.4 Å². The minimum Gasteiger partial charge on any atom is -0.479 e. The number of hydrogen-bond acceptors (Lipinski definition) is 5. The molecule has 0 aliphatic carbocycles. The Bertz CT molecular complexity index is 999. The third-order valence-corrected chi connectivity index (χ3v) is 5.11. The molecule has 130 valence electrons. The molecular weight excluding hydrogens is 350 g/mol. The molecule has 6 nitrogen and oxygen atoms in total. The van der Waals surface area contributed by atoms with Gasteiger partial charge in [0, 0.05) is 5.56 Å². The summed E-state index contributed by atoms with van der Waals surface area (Å²) in [5.74, 6) is -0.00577. The summed E-state index contributed by atoms with van der Waals surface area (Å²) in [5, 5.41) is 6.39. The first-order valence-electron chi connectivity index (χ1n) is 8.01. The van der Waals surface area contributed by atoms with E-state index >= 15 is 0 Å². The second kappa shape index (κ2) is 6.61. The van der Waals surface area contributed by atoms with Crippen LogP contribution >= 0.6 is 11.3 Å². The Morgan fingerprint density at radius 2 is 2.00 bits per heavy atom. The van der Waals surface area contributed by atoms with E-state index in [0.29, 0.717) is 27.7 Å². The van der Waals surface area contributed by atoms with E-state index in [9.17, 15) is 9.59 Å². The number of anilines is 2. The summed E-state index contributed by atoms with van der Waals surface area (Å²) in [6.07, 6.45) is 0. The fourth-order valence-corrected chi connectivity index (χ4v) is 3.67. The number of aromatic nitrogens is 1. The number of benzene rings is 2. The normalized spacial score (nSPS) is 12.7. The van der Waals surface area contributed by atoms with Crippen LogP contribution in [0.25, 0.3) is 10.6 Å². The molecule has 3 aromatic rings. The molecule has 0 saturated heterocycles. The van der Waals surface area contributed by atoms with Crippen LogP contribution < -0.4 is 15.4 Å². The summed E-state index contributed by atoms with van der Waals surface area (Å²) in [6, 6.07) is 15.0. The summed E-state index contributed by atoms with van der Waals surface area (Å²) >= 11 is 1.34. The summed E-state index contributed by atoms with van der Waals surface area (Å²) in [4.78, 5) is 29.2. The van der Waals surface area contributed by atoms with Crippen LogP contribution in [0.15, 0.2) is 48.5 Å². The quantitative estimate of drug-likeness (QED) is 0.742. The van der Waals surface area contributed by atoms with Gasteiger partial charge in [-0.1, -0.05) is 36.4 Å². The van der Waals surface area contributed by atoms with E-state index in [1.807, 2.05) is 37.3 Å². The first-order valence-corrected chi connectivity index (χ1v) is 8.83. The van der Waals surface area contributed by atoms with Crippen LogP contribution in [-0.4, -0.2) is 23.4 Å². The number of nitrogens with zero attached hydrogens (tertiary/aromatic N) is 1. The number of ether oxygens (including phenoxy) is 1. The highest BCUT2D eigenvalue weighted by Gasteiger charge is 2.22. The monoisotopic (exact) mass is 365 g/mol. The fourth-order valence-electron chi connectivity index (χ4n) is 2.70. The van der Waals surface area contributed by atoms with Gasteiger partial charge in [-0.2, -0.15) is 0 Å². The van der Waals surface area contributed by atoms with Gasteiger partial charge in [-0.25, -0.2) is 4.98 Å². The minimum absolute atomic E-state index is 0.0718. The fraction of sp³-hybridized carbons (Fsp3) is 0.105. The summed E-state index contributed by atoms with van der Waals surface area (Å²) in [6.45, 7) is 1.74. The summed E-state index contributed by atoms with van der Waals surface area (Å²) in [7, 11) is 0. The average molecular weight is 365 g/mol. The highest BCUT2D eigenvalue weighted by Crippen LogP contribution is 2.36. The molecule has 0 fully saturated rings. The molecule has 2 heterocycles. The zero-order chi connectivity index (χ0) is 18.1. The van der Waals surface area contributed by atoms with Gasteiger partial charge in [-0.3, -0.25) is 9.59 Å². The number of carbonyl (C=O) groups excluding carboxylic acids is 2. The van der Waals surface area contributed by atoms with E-state index in [0.717, 1.165) is 10.6 Å². The highest BCUT2D eigenvalue weighted by atomic mass is 32.1. The molecule has 0 saturated carbocycles. The first-order chi connectivity index (χ1) is 12.6. The number of rotatable bonds is 3. The first kappa shape index (κ1) is 16.3. The van der Waals surface area contributed by atoms with Gasteiger partial charge in [0.15, 0.2) is 12.4 Å². The predicted molar refractivity (Wildman–Crippen MR) is 101 cm³/mol. The predicted octanol–water partition coefficient (Wildman–Crippen LogP) is 3.70. The van der Waals surface area contributed by atoms with Crippen molar-refractivity contribution in [2.45, 2.75) is 6.92 Å². The van der Waals surface area contributed by atoms with Crippen molar-refractivity contribution >= 4 is 34.5 Å². The Labute approximate surface area is 153 Å². The molecule has 26 heavy (non-hydrogen) atoms.